The second-order valence-corrected chi connectivity index (χ2v) is 12.9. The van der Waals surface area contributed by atoms with E-state index in [9.17, 15) is 14.2 Å². The van der Waals surface area contributed by atoms with Gasteiger partial charge in [0.05, 0.1) is 31.2 Å². The van der Waals surface area contributed by atoms with E-state index in [2.05, 4.69) is 0 Å². The molecule has 30 heavy (non-hydrogen) atoms. The Bertz CT molecular complexity index is 920. The molecule has 2 rings (SSSR count). The summed E-state index contributed by atoms with van der Waals surface area (Å²) in [5, 5.41) is 0.145. The third-order valence-electron chi connectivity index (χ3n) is 4.54. The van der Waals surface area contributed by atoms with Crippen LogP contribution in [0, 0.1) is 11.3 Å². The topological polar surface area (TPSA) is 51.2 Å². The van der Waals surface area contributed by atoms with Crippen molar-refractivity contribution in [2.45, 2.75) is 34.1 Å². The summed E-state index contributed by atoms with van der Waals surface area (Å²) in [4.78, 5) is 27.0. The fourth-order valence-corrected chi connectivity index (χ4v) is 7.70. The van der Waals surface area contributed by atoms with Gasteiger partial charge in [0.15, 0.2) is 0 Å². The van der Waals surface area contributed by atoms with E-state index in [1.54, 1.807) is 12.1 Å². The standard InChI is InChI=1S/C22H23Cl4O3P/c1-13(11-22(2,3)4)12-30(29,20(27)18-14(23)7-5-8-15(18)24)21(28)19-16(25)9-6-10-17(19)26/h5-10,13H,11-12H2,1-4H3. The highest BCUT2D eigenvalue weighted by atomic mass is 35.5. The van der Waals surface area contributed by atoms with Crippen LogP contribution in [0.15, 0.2) is 36.4 Å². The van der Waals surface area contributed by atoms with E-state index in [0.717, 1.165) is 0 Å². The second kappa shape index (κ2) is 9.76. The SMILES string of the molecule is CC(CC(C)(C)C)CP(=O)(C(=O)c1c(Cl)cccc1Cl)C(=O)c1c(Cl)cccc1Cl. The summed E-state index contributed by atoms with van der Waals surface area (Å²) >= 11 is 24.8. The lowest BCUT2D eigenvalue weighted by Crippen LogP contribution is -2.21. The first kappa shape index (κ1) is 25.4. The van der Waals surface area contributed by atoms with Gasteiger partial charge in [0.25, 0.3) is 0 Å². The average Bonchev–Trinajstić information content (AvgIpc) is 2.59. The first-order chi connectivity index (χ1) is 13.8. The van der Waals surface area contributed by atoms with Gasteiger partial charge in [-0.05, 0) is 42.0 Å². The van der Waals surface area contributed by atoms with Gasteiger partial charge in [-0.15, -0.1) is 0 Å². The van der Waals surface area contributed by atoms with Crippen molar-refractivity contribution in [2.24, 2.45) is 11.3 Å². The zero-order valence-corrected chi connectivity index (χ0v) is 21.1. The van der Waals surface area contributed by atoms with Crippen molar-refractivity contribution in [1.82, 2.24) is 0 Å². The molecule has 3 nitrogen and oxygen atoms in total. The predicted octanol–water partition coefficient (Wildman–Crippen LogP) is 8.72. The smallest absolute Gasteiger partial charge is 0.231 e. The van der Waals surface area contributed by atoms with E-state index in [4.69, 9.17) is 46.4 Å². The van der Waals surface area contributed by atoms with Crippen LogP contribution >= 0.6 is 53.5 Å². The Labute approximate surface area is 197 Å². The molecule has 0 amide bonds. The van der Waals surface area contributed by atoms with Crippen LogP contribution in [-0.4, -0.2) is 17.2 Å². The third-order valence-corrected chi connectivity index (χ3v) is 8.70. The highest BCUT2D eigenvalue weighted by Crippen LogP contribution is 2.57. The van der Waals surface area contributed by atoms with E-state index < -0.39 is 18.2 Å². The van der Waals surface area contributed by atoms with Gasteiger partial charge in [0, 0.05) is 6.16 Å². The molecule has 0 spiro atoms. The molecule has 0 aromatic heterocycles. The maximum absolute atomic E-state index is 14.2. The van der Waals surface area contributed by atoms with Crippen molar-refractivity contribution in [3.63, 3.8) is 0 Å². The van der Waals surface area contributed by atoms with Gasteiger partial charge in [0.1, 0.15) is 0 Å². The highest BCUT2D eigenvalue weighted by Gasteiger charge is 2.45. The van der Waals surface area contributed by atoms with E-state index in [1.807, 2.05) is 27.7 Å². The van der Waals surface area contributed by atoms with Crippen LogP contribution in [0.4, 0.5) is 0 Å². The Morgan fingerprint density at radius 3 is 1.47 bits per heavy atom. The molecule has 0 aliphatic heterocycles. The lowest BCUT2D eigenvalue weighted by molar-refractivity contribution is 0.103. The Balaban J connectivity index is 2.65. The predicted molar refractivity (Wildman–Crippen MR) is 127 cm³/mol. The molecule has 0 radical (unpaired) electrons. The molecule has 2 aromatic rings. The number of rotatable bonds is 7. The zero-order valence-electron chi connectivity index (χ0n) is 17.1. The van der Waals surface area contributed by atoms with Gasteiger partial charge in [0.2, 0.25) is 18.2 Å². The molecule has 0 saturated carbocycles. The van der Waals surface area contributed by atoms with Gasteiger partial charge in [-0.1, -0.05) is 86.2 Å². The summed E-state index contributed by atoms with van der Waals surface area (Å²) in [6.45, 7) is 7.97. The Kier molecular flexibility index (Phi) is 8.27. The maximum Gasteiger partial charge on any atom is 0.231 e. The minimum Gasteiger partial charge on any atom is -0.307 e. The molecule has 8 heteroatoms. The van der Waals surface area contributed by atoms with Gasteiger partial charge >= 0.3 is 0 Å². The van der Waals surface area contributed by atoms with Crippen LogP contribution in [0.2, 0.25) is 20.1 Å². The van der Waals surface area contributed by atoms with Crippen molar-refractivity contribution in [1.29, 1.82) is 0 Å². The summed E-state index contributed by atoms with van der Waals surface area (Å²) in [6.07, 6.45) is 0.523. The van der Waals surface area contributed by atoms with Crippen molar-refractivity contribution >= 4 is 64.6 Å². The normalized spacial score (nSPS) is 13.2. The van der Waals surface area contributed by atoms with Gasteiger partial charge in [-0.3, -0.25) is 9.59 Å². The maximum atomic E-state index is 14.2. The first-order valence-corrected chi connectivity index (χ1v) is 12.7. The summed E-state index contributed by atoms with van der Waals surface area (Å²) in [5.41, 5.74) is -2.08. The molecule has 0 N–H and O–H groups in total. The fourth-order valence-electron chi connectivity index (χ4n) is 3.57. The molecule has 0 aliphatic rings. The number of carbonyl (C=O) groups excluding carboxylic acids is 2. The van der Waals surface area contributed by atoms with Crippen molar-refractivity contribution in [2.75, 3.05) is 6.16 Å². The molecule has 2 aromatic carbocycles. The van der Waals surface area contributed by atoms with E-state index in [0.29, 0.717) is 6.42 Å². The number of hydrogen-bond donors (Lipinski definition) is 0. The Morgan fingerprint density at radius 2 is 1.17 bits per heavy atom. The van der Waals surface area contributed by atoms with Crippen molar-refractivity contribution < 1.29 is 14.2 Å². The largest absolute Gasteiger partial charge is 0.307 e. The second-order valence-electron chi connectivity index (χ2n) is 8.60. The van der Waals surface area contributed by atoms with Gasteiger partial charge < -0.3 is 4.57 Å². The van der Waals surface area contributed by atoms with Crippen molar-refractivity contribution in [3.8, 4) is 0 Å². The summed E-state index contributed by atoms with van der Waals surface area (Å²) in [6, 6.07) is 9.02. The summed E-state index contributed by atoms with van der Waals surface area (Å²) in [7, 11) is -4.21. The Morgan fingerprint density at radius 1 is 0.833 bits per heavy atom. The average molecular weight is 508 g/mol. The van der Waals surface area contributed by atoms with Crippen LogP contribution in [0.3, 0.4) is 0 Å². The van der Waals surface area contributed by atoms with Crippen LogP contribution in [0.5, 0.6) is 0 Å². The number of hydrogen-bond acceptors (Lipinski definition) is 3. The van der Waals surface area contributed by atoms with Crippen molar-refractivity contribution in [3.05, 3.63) is 67.6 Å². The zero-order chi connectivity index (χ0) is 22.9. The molecular formula is C22H23Cl4O3P. The van der Waals surface area contributed by atoms with Crippen LogP contribution < -0.4 is 0 Å². The molecule has 1 unspecified atom stereocenters. The lowest BCUT2D eigenvalue weighted by Gasteiger charge is -2.26. The molecule has 0 fully saturated rings. The molecule has 162 valence electrons. The van der Waals surface area contributed by atoms with Gasteiger partial charge in [-0.25, -0.2) is 0 Å². The molecule has 0 bridgehead atoms. The molecule has 0 aliphatic carbocycles. The van der Waals surface area contributed by atoms with Crippen LogP contribution in [0.1, 0.15) is 54.8 Å². The molecular weight excluding hydrogens is 485 g/mol. The summed E-state index contributed by atoms with van der Waals surface area (Å²) < 4.78 is 14.2. The quantitative estimate of drug-likeness (QED) is 0.352. The minimum atomic E-state index is -4.21. The van der Waals surface area contributed by atoms with E-state index >= 15 is 0 Å². The number of halogens is 4. The fraction of sp³-hybridized carbons (Fsp3) is 0.364. The minimum absolute atomic E-state index is 0.0363. The molecule has 0 heterocycles. The number of benzene rings is 2. The monoisotopic (exact) mass is 506 g/mol. The number of carbonyl (C=O) groups is 2. The van der Waals surface area contributed by atoms with Crippen LogP contribution in [0.25, 0.3) is 0 Å². The van der Waals surface area contributed by atoms with Crippen LogP contribution in [-0.2, 0) is 4.57 Å². The molecule has 1 atom stereocenters. The summed E-state index contributed by atoms with van der Waals surface area (Å²) in [5.74, 6) is -0.189. The van der Waals surface area contributed by atoms with Gasteiger partial charge in [-0.2, -0.15) is 0 Å². The van der Waals surface area contributed by atoms with E-state index in [-0.39, 0.29) is 48.7 Å². The lowest BCUT2D eigenvalue weighted by atomic mass is 9.86. The Hall–Kier alpha value is -0.830. The highest BCUT2D eigenvalue weighted by molar-refractivity contribution is 7.95. The first-order valence-electron chi connectivity index (χ1n) is 9.35. The van der Waals surface area contributed by atoms with E-state index in [1.165, 1.54) is 24.3 Å². The molecule has 0 saturated heterocycles. The third kappa shape index (κ3) is 5.69.